The van der Waals surface area contributed by atoms with Crippen LogP contribution in [0.3, 0.4) is 0 Å². The van der Waals surface area contributed by atoms with Crippen molar-refractivity contribution in [3.8, 4) is 0 Å². The topological polar surface area (TPSA) is 59.8 Å². The van der Waals surface area contributed by atoms with E-state index in [1.165, 1.54) is 31.0 Å². The van der Waals surface area contributed by atoms with Gasteiger partial charge in [-0.25, -0.2) is 0 Å². The molecule has 6 heteroatoms. The molecule has 0 unspecified atom stereocenters. The summed E-state index contributed by atoms with van der Waals surface area (Å²) in [7, 11) is 0. The van der Waals surface area contributed by atoms with E-state index in [-0.39, 0.29) is 11.9 Å². The molecule has 1 aromatic heterocycles. The van der Waals surface area contributed by atoms with Gasteiger partial charge >= 0.3 is 0 Å². The first-order chi connectivity index (χ1) is 10.6. The third kappa shape index (κ3) is 5.30. The highest BCUT2D eigenvalue weighted by molar-refractivity contribution is 7.99. The van der Waals surface area contributed by atoms with Gasteiger partial charge in [0.25, 0.3) is 0 Å². The standard InChI is InChI=1S/C16H28N4OS/c1-12(2)8-9-13(3)17-15(21)11-22-16-19-18-14-7-5-4-6-10-20(14)16/h12-13H,4-11H2,1-3H3,(H,17,21)/t13-/m1/s1. The first-order valence-corrected chi connectivity index (χ1v) is 9.39. The molecule has 1 amide bonds. The third-order valence-corrected chi connectivity index (χ3v) is 4.96. The second-order valence-electron chi connectivity index (χ2n) is 6.59. The number of rotatable bonds is 7. The maximum Gasteiger partial charge on any atom is 0.230 e. The number of nitrogens with one attached hydrogen (secondary N) is 1. The Hall–Kier alpha value is -1.04. The van der Waals surface area contributed by atoms with Crippen LogP contribution in [0.15, 0.2) is 5.16 Å². The van der Waals surface area contributed by atoms with E-state index in [0.29, 0.717) is 11.7 Å². The number of nitrogens with zero attached hydrogens (tertiary/aromatic N) is 3. The maximum atomic E-state index is 12.0. The zero-order valence-corrected chi connectivity index (χ0v) is 14.8. The lowest BCUT2D eigenvalue weighted by Crippen LogP contribution is -2.34. The molecule has 124 valence electrons. The molecular formula is C16H28N4OS. The molecule has 2 rings (SSSR count). The van der Waals surface area contributed by atoms with Crippen molar-refractivity contribution in [2.45, 2.75) is 77.0 Å². The molecule has 0 saturated heterocycles. The van der Waals surface area contributed by atoms with Crippen LogP contribution < -0.4 is 5.32 Å². The van der Waals surface area contributed by atoms with Crippen molar-refractivity contribution < 1.29 is 4.79 Å². The fourth-order valence-corrected chi connectivity index (χ4v) is 3.46. The Morgan fingerprint density at radius 1 is 1.23 bits per heavy atom. The van der Waals surface area contributed by atoms with Gasteiger partial charge in [-0.3, -0.25) is 4.79 Å². The molecular weight excluding hydrogens is 296 g/mol. The van der Waals surface area contributed by atoms with E-state index in [0.717, 1.165) is 36.8 Å². The number of carbonyl (C=O) groups excluding carboxylic acids is 1. The molecule has 1 aliphatic rings. The Morgan fingerprint density at radius 3 is 2.82 bits per heavy atom. The predicted molar refractivity (Wildman–Crippen MR) is 90.0 cm³/mol. The summed E-state index contributed by atoms with van der Waals surface area (Å²) >= 11 is 1.50. The molecule has 0 fully saturated rings. The zero-order valence-electron chi connectivity index (χ0n) is 14.0. The van der Waals surface area contributed by atoms with Crippen LogP contribution in [-0.4, -0.2) is 32.5 Å². The second-order valence-corrected chi connectivity index (χ2v) is 7.53. The van der Waals surface area contributed by atoms with Crippen LogP contribution in [0.25, 0.3) is 0 Å². The predicted octanol–water partition coefficient (Wildman–Crippen LogP) is 3.04. The van der Waals surface area contributed by atoms with Crippen molar-refractivity contribution in [2.75, 3.05) is 5.75 Å². The molecule has 0 aliphatic carbocycles. The largest absolute Gasteiger partial charge is 0.353 e. The van der Waals surface area contributed by atoms with Gasteiger partial charge in [0.2, 0.25) is 5.91 Å². The van der Waals surface area contributed by atoms with Crippen molar-refractivity contribution in [1.82, 2.24) is 20.1 Å². The fraction of sp³-hybridized carbons (Fsp3) is 0.812. The lowest BCUT2D eigenvalue weighted by Gasteiger charge is -2.15. The summed E-state index contributed by atoms with van der Waals surface area (Å²) in [4.78, 5) is 12.0. The average Bonchev–Trinajstić information content (AvgIpc) is 2.70. The Labute approximate surface area is 137 Å². The van der Waals surface area contributed by atoms with Gasteiger partial charge in [-0.15, -0.1) is 10.2 Å². The van der Waals surface area contributed by atoms with Gasteiger partial charge in [-0.05, 0) is 38.5 Å². The number of fused-ring (bicyclic) bond motifs is 1. The summed E-state index contributed by atoms with van der Waals surface area (Å²) in [6.07, 6.45) is 6.81. The first-order valence-electron chi connectivity index (χ1n) is 8.40. The van der Waals surface area contributed by atoms with Gasteiger partial charge in [0, 0.05) is 19.0 Å². The molecule has 0 spiro atoms. The van der Waals surface area contributed by atoms with Crippen molar-refractivity contribution in [3.63, 3.8) is 0 Å². The van der Waals surface area contributed by atoms with Crippen molar-refractivity contribution in [2.24, 2.45) is 5.92 Å². The van der Waals surface area contributed by atoms with Gasteiger partial charge in [0.15, 0.2) is 5.16 Å². The van der Waals surface area contributed by atoms with E-state index in [2.05, 4.69) is 40.9 Å². The van der Waals surface area contributed by atoms with Crippen LogP contribution in [-0.2, 0) is 17.8 Å². The number of hydrogen-bond acceptors (Lipinski definition) is 4. The van der Waals surface area contributed by atoms with E-state index >= 15 is 0 Å². The highest BCUT2D eigenvalue weighted by Crippen LogP contribution is 2.21. The van der Waals surface area contributed by atoms with E-state index < -0.39 is 0 Å². The third-order valence-electron chi connectivity index (χ3n) is 3.99. The normalized spacial score (nSPS) is 16.2. The van der Waals surface area contributed by atoms with Crippen LogP contribution in [0.4, 0.5) is 0 Å². The van der Waals surface area contributed by atoms with Crippen molar-refractivity contribution in [3.05, 3.63) is 5.82 Å². The second kappa shape index (κ2) is 8.56. The summed E-state index contributed by atoms with van der Waals surface area (Å²) in [5.41, 5.74) is 0. The summed E-state index contributed by atoms with van der Waals surface area (Å²) in [6.45, 7) is 7.48. The Bertz CT molecular complexity index is 486. The summed E-state index contributed by atoms with van der Waals surface area (Å²) < 4.78 is 2.19. The van der Waals surface area contributed by atoms with Gasteiger partial charge in [-0.1, -0.05) is 32.0 Å². The monoisotopic (exact) mass is 324 g/mol. The number of aryl methyl sites for hydroxylation is 1. The number of aromatic nitrogens is 3. The van der Waals surface area contributed by atoms with Gasteiger partial charge < -0.3 is 9.88 Å². The minimum atomic E-state index is 0.0900. The van der Waals surface area contributed by atoms with Crippen LogP contribution in [0.5, 0.6) is 0 Å². The van der Waals surface area contributed by atoms with Gasteiger partial charge in [-0.2, -0.15) is 0 Å². The summed E-state index contributed by atoms with van der Waals surface area (Å²) in [5, 5.41) is 12.5. The molecule has 1 N–H and O–H groups in total. The molecule has 1 atom stereocenters. The van der Waals surface area contributed by atoms with Crippen LogP contribution >= 0.6 is 11.8 Å². The molecule has 2 heterocycles. The number of hydrogen-bond donors (Lipinski definition) is 1. The van der Waals surface area contributed by atoms with Crippen LogP contribution in [0, 0.1) is 5.92 Å². The molecule has 0 bridgehead atoms. The molecule has 5 nitrogen and oxygen atoms in total. The lowest BCUT2D eigenvalue weighted by molar-refractivity contribution is -0.119. The average molecular weight is 324 g/mol. The van der Waals surface area contributed by atoms with E-state index in [4.69, 9.17) is 0 Å². The smallest absolute Gasteiger partial charge is 0.230 e. The summed E-state index contributed by atoms with van der Waals surface area (Å²) in [6, 6.07) is 0.242. The lowest BCUT2D eigenvalue weighted by atomic mass is 10.0. The molecule has 0 radical (unpaired) electrons. The van der Waals surface area contributed by atoms with Gasteiger partial charge in [0.05, 0.1) is 5.75 Å². The molecule has 0 aromatic carbocycles. The van der Waals surface area contributed by atoms with Crippen molar-refractivity contribution >= 4 is 17.7 Å². The Kier molecular flexibility index (Phi) is 6.73. The number of thioether (sulfide) groups is 1. The minimum Gasteiger partial charge on any atom is -0.353 e. The number of amides is 1. The molecule has 1 aromatic rings. The van der Waals surface area contributed by atoms with Crippen LogP contribution in [0.2, 0.25) is 0 Å². The zero-order chi connectivity index (χ0) is 15.9. The van der Waals surface area contributed by atoms with E-state index in [9.17, 15) is 4.79 Å². The highest BCUT2D eigenvalue weighted by Gasteiger charge is 2.16. The van der Waals surface area contributed by atoms with Gasteiger partial charge in [0.1, 0.15) is 5.82 Å². The minimum absolute atomic E-state index is 0.0900. The van der Waals surface area contributed by atoms with E-state index in [1.807, 2.05) is 0 Å². The maximum absolute atomic E-state index is 12.0. The fourth-order valence-electron chi connectivity index (χ4n) is 2.67. The van der Waals surface area contributed by atoms with E-state index in [1.54, 1.807) is 0 Å². The highest BCUT2D eigenvalue weighted by atomic mass is 32.2. The Balaban J connectivity index is 1.78. The van der Waals surface area contributed by atoms with Crippen molar-refractivity contribution in [1.29, 1.82) is 0 Å². The number of carbonyl (C=O) groups is 1. The Morgan fingerprint density at radius 2 is 2.05 bits per heavy atom. The molecule has 0 saturated carbocycles. The first kappa shape index (κ1) is 17.3. The summed E-state index contributed by atoms with van der Waals surface area (Å²) in [5.74, 6) is 2.27. The van der Waals surface area contributed by atoms with Crippen LogP contribution in [0.1, 0.15) is 58.7 Å². The SMILES string of the molecule is CC(C)CC[C@@H](C)NC(=O)CSc1nnc2n1CCCCC2. The molecule has 1 aliphatic heterocycles. The molecule has 22 heavy (non-hydrogen) atoms. The quantitative estimate of drug-likeness (QED) is 0.783.